The number of likely N-dealkylation sites (N-methyl/N-ethyl adjacent to an activating group) is 1. The van der Waals surface area contributed by atoms with Gasteiger partial charge in [0.25, 0.3) is 0 Å². The first kappa shape index (κ1) is 16.5. The van der Waals surface area contributed by atoms with Gasteiger partial charge in [0.2, 0.25) is 5.91 Å². The Kier molecular flexibility index (Phi) is 5.37. The van der Waals surface area contributed by atoms with Crippen molar-refractivity contribution in [2.45, 2.75) is 64.1 Å². The van der Waals surface area contributed by atoms with Gasteiger partial charge in [0.1, 0.15) is 0 Å². The second kappa shape index (κ2) is 7.48. The summed E-state index contributed by atoms with van der Waals surface area (Å²) in [6.07, 6.45) is 7.44. The van der Waals surface area contributed by atoms with E-state index >= 15 is 0 Å². The summed E-state index contributed by atoms with van der Waals surface area (Å²) in [5.41, 5.74) is 1.24. The Labute approximate surface area is 140 Å². The quantitative estimate of drug-likeness (QED) is 0.799. The highest BCUT2D eigenvalue weighted by Crippen LogP contribution is 2.30. The molecule has 0 spiro atoms. The Morgan fingerprint density at radius 1 is 1.00 bits per heavy atom. The molecular weight excluding hydrogens is 284 g/mol. The van der Waals surface area contributed by atoms with Crippen molar-refractivity contribution in [1.29, 1.82) is 0 Å². The van der Waals surface area contributed by atoms with Gasteiger partial charge in [0, 0.05) is 18.6 Å². The second-order valence-corrected chi connectivity index (χ2v) is 7.57. The topological polar surface area (TPSA) is 23.6 Å². The van der Waals surface area contributed by atoms with Crippen LogP contribution in [-0.2, 0) is 11.3 Å². The van der Waals surface area contributed by atoms with Gasteiger partial charge in [-0.25, -0.2) is 0 Å². The first-order chi connectivity index (χ1) is 11.1. The van der Waals surface area contributed by atoms with Crippen LogP contribution in [0.5, 0.6) is 0 Å². The normalized spacial score (nSPS) is 24.7. The standard InChI is InChI=1S/C20H30N2O/c1-16-8-10-18(11-9-16)21(2)15-20(23)22(19-12-13-19)14-17-6-4-3-5-7-17/h3-7,16,18-19H,8-15H2,1-2H3. The van der Waals surface area contributed by atoms with Gasteiger partial charge in [-0.3, -0.25) is 9.69 Å². The summed E-state index contributed by atoms with van der Waals surface area (Å²) in [5, 5.41) is 0. The fourth-order valence-corrected chi connectivity index (χ4v) is 3.70. The Morgan fingerprint density at radius 3 is 2.22 bits per heavy atom. The average Bonchev–Trinajstić information content (AvgIpc) is 3.39. The molecule has 2 fully saturated rings. The molecule has 3 nitrogen and oxygen atoms in total. The molecule has 2 saturated carbocycles. The van der Waals surface area contributed by atoms with Crippen LogP contribution in [0.25, 0.3) is 0 Å². The lowest BCUT2D eigenvalue weighted by molar-refractivity contribution is -0.134. The first-order valence-corrected chi connectivity index (χ1v) is 9.17. The number of hydrogen-bond donors (Lipinski definition) is 0. The fourth-order valence-electron chi connectivity index (χ4n) is 3.70. The van der Waals surface area contributed by atoms with Crippen molar-refractivity contribution in [1.82, 2.24) is 9.80 Å². The van der Waals surface area contributed by atoms with E-state index in [2.05, 4.69) is 48.0 Å². The monoisotopic (exact) mass is 314 g/mol. The lowest BCUT2D eigenvalue weighted by Gasteiger charge is -2.34. The van der Waals surface area contributed by atoms with Crippen LogP contribution in [0.2, 0.25) is 0 Å². The summed E-state index contributed by atoms with van der Waals surface area (Å²) in [4.78, 5) is 17.2. The van der Waals surface area contributed by atoms with Crippen LogP contribution in [0.15, 0.2) is 30.3 Å². The van der Waals surface area contributed by atoms with Crippen LogP contribution in [0.1, 0.15) is 51.0 Å². The molecule has 0 aliphatic heterocycles. The summed E-state index contributed by atoms with van der Waals surface area (Å²) in [7, 11) is 2.13. The predicted octanol–water partition coefficient (Wildman–Crippen LogP) is 3.69. The van der Waals surface area contributed by atoms with E-state index < -0.39 is 0 Å². The lowest BCUT2D eigenvalue weighted by Crippen LogP contribution is -2.44. The molecule has 3 rings (SSSR count). The van der Waals surface area contributed by atoms with Gasteiger partial charge < -0.3 is 4.90 Å². The molecule has 0 saturated heterocycles. The van der Waals surface area contributed by atoms with Crippen molar-refractivity contribution in [2.24, 2.45) is 5.92 Å². The van der Waals surface area contributed by atoms with E-state index in [4.69, 9.17) is 0 Å². The van der Waals surface area contributed by atoms with Crippen molar-refractivity contribution in [2.75, 3.05) is 13.6 Å². The molecule has 3 heteroatoms. The van der Waals surface area contributed by atoms with Crippen molar-refractivity contribution in [3.8, 4) is 0 Å². The van der Waals surface area contributed by atoms with Crippen LogP contribution in [0, 0.1) is 5.92 Å². The number of benzene rings is 1. The average molecular weight is 314 g/mol. The van der Waals surface area contributed by atoms with E-state index in [1.807, 2.05) is 6.07 Å². The fraction of sp³-hybridized carbons (Fsp3) is 0.650. The van der Waals surface area contributed by atoms with Crippen molar-refractivity contribution in [3.05, 3.63) is 35.9 Å². The van der Waals surface area contributed by atoms with E-state index in [-0.39, 0.29) is 0 Å². The molecule has 1 aromatic carbocycles. The molecule has 2 aliphatic rings. The molecule has 0 bridgehead atoms. The van der Waals surface area contributed by atoms with Gasteiger partial charge >= 0.3 is 0 Å². The van der Waals surface area contributed by atoms with E-state index in [1.54, 1.807) is 0 Å². The summed E-state index contributed by atoms with van der Waals surface area (Å²) >= 11 is 0. The maximum atomic E-state index is 12.8. The molecule has 0 radical (unpaired) electrons. The maximum absolute atomic E-state index is 12.8. The van der Waals surface area contributed by atoms with Crippen molar-refractivity contribution >= 4 is 5.91 Å². The van der Waals surface area contributed by atoms with Crippen molar-refractivity contribution < 1.29 is 4.79 Å². The largest absolute Gasteiger partial charge is 0.334 e. The minimum absolute atomic E-state index is 0.303. The van der Waals surface area contributed by atoms with Crippen LogP contribution in [-0.4, -0.2) is 41.4 Å². The predicted molar refractivity (Wildman–Crippen MR) is 94.1 cm³/mol. The highest BCUT2D eigenvalue weighted by atomic mass is 16.2. The summed E-state index contributed by atoms with van der Waals surface area (Å²) < 4.78 is 0. The SMILES string of the molecule is CC1CCC(N(C)CC(=O)N(Cc2ccccc2)C2CC2)CC1. The third kappa shape index (κ3) is 4.57. The number of hydrogen-bond acceptors (Lipinski definition) is 2. The van der Waals surface area contributed by atoms with Gasteiger partial charge in [0.15, 0.2) is 0 Å². The van der Waals surface area contributed by atoms with Crippen LogP contribution >= 0.6 is 0 Å². The molecule has 0 aromatic heterocycles. The minimum Gasteiger partial charge on any atom is -0.334 e. The molecule has 0 N–H and O–H groups in total. The van der Waals surface area contributed by atoms with E-state index in [0.29, 0.717) is 24.5 Å². The molecule has 126 valence electrons. The zero-order valence-corrected chi connectivity index (χ0v) is 14.6. The van der Waals surface area contributed by atoms with Crippen LogP contribution in [0.3, 0.4) is 0 Å². The lowest BCUT2D eigenvalue weighted by atomic mass is 9.87. The van der Waals surface area contributed by atoms with E-state index in [1.165, 1.54) is 44.1 Å². The smallest absolute Gasteiger partial charge is 0.237 e. The van der Waals surface area contributed by atoms with Crippen LogP contribution in [0.4, 0.5) is 0 Å². The van der Waals surface area contributed by atoms with Crippen molar-refractivity contribution in [3.63, 3.8) is 0 Å². The third-order valence-electron chi connectivity index (χ3n) is 5.50. The number of rotatable bonds is 6. The zero-order valence-electron chi connectivity index (χ0n) is 14.6. The summed E-state index contributed by atoms with van der Waals surface area (Å²) in [6, 6.07) is 11.4. The minimum atomic E-state index is 0.303. The molecule has 0 atom stereocenters. The molecule has 1 amide bonds. The van der Waals surface area contributed by atoms with E-state index in [9.17, 15) is 4.79 Å². The zero-order chi connectivity index (χ0) is 16.2. The highest BCUT2D eigenvalue weighted by molar-refractivity contribution is 5.79. The second-order valence-electron chi connectivity index (χ2n) is 7.57. The van der Waals surface area contributed by atoms with Crippen LogP contribution < -0.4 is 0 Å². The molecule has 0 unspecified atom stereocenters. The highest BCUT2D eigenvalue weighted by Gasteiger charge is 2.33. The Hall–Kier alpha value is -1.35. The number of amides is 1. The molecule has 0 heterocycles. The van der Waals surface area contributed by atoms with E-state index in [0.717, 1.165) is 12.5 Å². The van der Waals surface area contributed by atoms with Gasteiger partial charge in [-0.2, -0.15) is 0 Å². The molecular formula is C20H30N2O. The number of nitrogens with zero attached hydrogens (tertiary/aromatic N) is 2. The number of carbonyl (C=O) groups excluding carboxylic acids is 1. The van der Waals surface area contributed by atoms with Gasteiger partial charge in [0.05, 0.1) is 6.54 Å². The number of carbonyl (C=O) groups is 1. The van der Waals surface area contributed by atoms with Gasteiger partial charge in [-0.05, 0) is 57.1 Å². The molecule has 2 aliphatic carbocycles. The van der Waals surface area contributed by atoms with Gasteiger partial charge in [-0.15, -0.1) is 0 Å². The third-order valence-corrected chi connectivity index (χ3v) is 5.50. The first-order valence-electron chi connectivity index (χ1n) is 9.17. The Bertz CT molecular complexity index is 504. The molecule has 1 aromatic rings. The van der Waals surface area contributed by atoms with Gasteiger partial charge in [-0.1, -0.05) is 37.3 Å². The Morgan fingerprint density at radius 2 is 1.61 bits per heavy atom. The maximum Gasteiger partial charge on any atom is 0.237 e. The Balaban J connectivity index is 1.56. The molecule has 23 heavy (non-hydrogen) atoms. The summed E-state index contributed by atoms with van der Waals surface area (Å²) in [6.45, 7) is 3.68. The summed E-state index contributed by atoms with van der Waals surface area (Å²) in [5.74, 6) is 1.16.